The molecule has 0 amide bonds. The Morgan fingerprint density at radius 3 is 2.71 bits per heavy atom. The highest BCUT2D eigenvalue weighted by molar-refractivity contribution is 7.89. The first-order valence-electron chi connectivity index (χ1n) is 5.86. The molecule has 1 heterocycles. The van der Waals surface area contributed by atoms with Gasteiger partial charge in [0.2, 0.25) is 10.0 Å². The molecule has 5 nitrogen and oxygen atoms in total. The van der Waals surface area contributed by atoms with Crippen molar-refractivity contribution in [2.75, 3.05) is 7.11 Å². The minimum Gasteiger partial charge on any atom is -0.497 e. The van der Waals surface area contributed by atoms with Gasteiger partial charge >= 0.3 is 0 Å². The van der Waals surface area contributed by atoms with Gasteiger partial charge in [-0.1, -0.05) is 35.3 Å². The number of rotatable bonds is 5. The Labute approximate surface area is 132 Å². The molecule has 0 aliphatic rings. The summed E-state index contributed by atoms with van der Waals surface area (Å²) in [6.07, 6.45) is 1.15. The molecule has 2 aromatic rings. The average Bonchev–Trinajstić information content (AvgIpc) is 2.48. The van der Waals surface area contributed by atoms with Crippen molar-refractivity contribution in [1.29, 1.82) is 0 Å². The standard InChI is InChI=1S/C13H12Cl2N2O3S/c1-20-10-4-2-3-9(5-10)7-17-21(18,19)11-6-12(14)13(15)16-8-11/h2-6,8,17H,7H2,1H3. The number of nitrogens with zero attached hydrogens (tertiary/aromatic N) is 1. The van der Waals surface area contributed by atoms with Crippen molar-refractivity contribution < 1.29 is 13.2 Å². The number of nitrogens with one attached hydrogen (secondary N) is 1. The second kappa shape index (κ2) is 6.62. The molecule has 0 spiro atoms. The smallest absolute Gasteiger partial charge is 0.242 e. The van der Waals surface area contributed by atoms with Gasteiger partial charge in [-0.15, -0.1) is 0 Å². The fraction of sp³-hybridized carbons (Fsp3) is 0.154. The molecule has 0 aliphatic heterocycles. The summed E-state index contributed by atoms with van der Waals surface area (Å²) >= 11 is 11.4. The molecule has 1 aromatic carbocycles. The SMILES string of the molecule is COc1cccc(CNS(=O)(=O)c2cnc(Cl)c(Cl)c2)c1. The maximum Gasteiger partial charge on any atom is 0.242 e. The van der Waals surface area contributed by atoms with Crippen molar-refractivity contribution in [2.24, 2.45) is 0 Å². The number of methoxy groups -OCH3 is 1. The average molecular weight is 347 g/mol. The first-order chi connectivity index (χ1) is 9.92. The molecular weight excluding hydrogens is 335 g/mol. The first-order valence-corrected chi connectivity index (χ1v) is 8.10. The summed E-state index contributed by atoms with van der Waals surface area (Å²) in [6.45, 7) is 0.125. The van der Waals surface area contributed by atoms with Gasteiger partial charge < -0.3 is 4.74 Å². The van der Waals surface area contributed by atoms with Crippen LogP contribution in [0.2, 0.25) is 10.2 Å². The van der Waals surface area contributed by atoms with E-state index in [2.05, 4.69) is 9.71 Å². The van der Waals surface area contributed by atoms with Crippen LogP contribution in [0.1, 0.15) is 5.56 Å². The number of pyridine rings is 1. The highest BCUT2D eigenvalue weighted by Gasteiger charge is 2.16. The molecule has 0 saturated carbocycles. The zero-order valence-electron chi connectivity index (χ0n) is 11.0. The Kier molecular flexibility index (Phi) is 5.05. The van der Waals surface area contributed by atoms with E-state index in [0.29, 0.717) is 5.75 Å². The van der Waals surface area contributed by atoms with E-state index in [-0.39, 0.29) is 21.6 Å². The Balaban J connectivity index is 2.15. The van der Waals surface area contributed by atoms with Crippen LogP contribution in [0, 0.1) is 0 Å². The van der Waals surface area contributed by atoms with Crippen LogP contribution in [0.4, 0.5) is 0 Å². The molecule has 0 saturated heterocycles. The Morgan fingerprint density at radius 1 is 1.29 bits per heavy atom. The van der Waals surface area contributed by atoms with Gasteiger partial charge in [0.25, 0.3) is 0 Å². The van der Waals surface area contributed by atoms with Crippen molar-refractivity contribution in [3.8, 4) is 5.75 Å². The Hall–Kier alpha value is -1.34. The maximum atomic E-state index is 12.1. The van der Waals surface area contributed by atoms with E-state index in [4.69, 9.17) is 27.9 Å². The van der Waals surface area contributed by atoms with Crippen LogP contribution in [0.15, 0.2) is 41.4 Å². The molecule has 1 aromatic heterocycles. The van der Waals surface area contributed by atoms with E-state index >= 15 is 0 Å². The van der Waals surface area contributed by atoms with Crippen LogP contribution < -0.4 is 9.46 Å². The normalized spacial score (nSPS) is 11.4. The summed E-state index contributed by atoms with van der Waals surface area (Å²) in [4.78, 5) is 3.68. The topological polar surface area (TPSA) is 68.3 Å². The predicted molar refractivity (Wildman–Crippen MR) is 81.3 cm³/mol. The number of sulfonamides is 1. The molecule has 0 aliphatic carbocycles. The van der Waals surface area contributed by atoms with Crippen LogP contribution in [-0.2, 0) is 16.6 Å². The lowest BCUT2D eigenvalue weighted by Gasteiger charge is -2.08. The third-order valence-electron chi connectivity index (χ3n) is 2.68. The predicted octanol–water partition coefficient (Wildman–Crippen LogP) is 2.88. The molecule has 2 rings (SSSR count). The zero-order chi connectivity index (χ0) is 15.5. The largest absolute Gasteiger partial charge is 0.497 e. The lowest BCUT2D eigenvalue weighted by atomic mass is 10.2. The summed E-state index contributed by atoms with van der Waals surface area (Å²) < 4.78 is 31.8. The van der Waals surface area contributed by atoms with Crippen LogP contribution in [0.25, 0.3) is 0 Å². The van der Waals surface area contributed by atoms with Crippen molar-refractivity contribution in [3.05, 3.63) is 52.3 Å². The summed E-state index contributed by atoms with van der Waals surface area (Å²) in [5.41, 5.74) is 0.769. The second-order valence-corrected chi connectivity index (χ2v) is 6.65. The summed E-state index contributed by atoms with van der Waals surface area (Å²) in [7, 11) is -2.17. The van der Waals surface area contributed by atoms with Gasteiger partial charge in [0.15, 0.2) is 0 Å². The van der Waals surface area contributed by atoms with Gasteiger partial charge in [0, 0.05) is 12.7 Å². The number of hydrogen-bond acceptors (Lipinski definition) is 4. The van der Waals surface area contributed by atoms with E-state index in [1.165, 1.54) is 6.07 Å². The molecule has 112 valence electrons. The second-order valence-electron chi connectivity index (χ2n) is 4.12. The van der Waals surface area contributed by atoms with Crippen molar-refractivity contribution in [3.63, 3.8) is 0 Å². The number of hydrogen-bond donors (Lipinski definition) is 1. The summed E-state index contributed by atoms with van der Waals surface area (Å²) in [5.74, 6) is 0.655. The van der Waals surface area contributed by atoms with E-state index < -0.39 is 10.0 Å². The van der Waals surface area contributed by atoms with Crippen LogP contribution >= 0.6 is 23.2 Å². The number of benzene rings is 1. The van der Waals surface area contributed by atoms with Gasteiger partial charge in [-0.05, 0) is 23.8 Å². The quantitative estimate of drug-likeness (QED) is 0.845. The van der Waals surface area contributed by atoms with Gasteiger partial charge in [-0.25, -0.2) is 18.1 Å². The molecule has 21 heavy (non-hydrogen) atoms. The highest BCUT2D eigenvalue weighted by Crippen LogP contribution is 2.22. The fourth-order valence-corrected chi connectivity index (χ4v) is 2.92. The zero-order valence-corrected chi connectivity index (χ0v) is 13.3. The number of halogens is 2. The monoisotopic (exact) mass is 346 g/mol. The van der Waals surface area contributed by atoms with Gasteiger partial charge in [-0.3, -0.25) is 0 Å². The molecule has 0 bridgehead atoms. The minimum atomic E-state index is -3.71. The minimum absolute atomic E-state index is 0.0419. The Bertz CT molecular complexity index is 751. The Morgan fingerprint density at radius 2 is 2.05 bits per heavy atom. The van der Waals surface area contributed by atoms with Crippen molar-refractivity contribution in [1.82, 2.24) is 9.71 Å². The highest BCUT2D eigenvalue weighted by atomic mass is 35.5. The van der Waals surface area contributed by atoms with Gasteiger partial charge in [0.05, 0.1) is 12.1 Å². The van der Waals surface area contributed by atoms with Crippen LogP contribution in [0.5, 0.6) is 5.75 Å². The van der Waals surface area contributed by atoms with Gasteiger partial charge in [0.1, 0.15) is 15.8 Å². The fourth-order valence-electron chi connectivity index (χ4n) is 1.59. The molecule has 0 fully saturated rings. The molecule has 1 N–H and O–H groups in total. The molecule has 0 radical (unpaired) electrons. The van der Waals surface area contributed by atoms with Crippen molar-refractivity contribution in [2.45, 2.75) is 11.4 Å². The van der Waals surface area contributed by atoms with E-state index in [1.54, 1.807) is 31.4 Å². The van der Waals surface area contributed by atoms with Gasteiger partial charge in [-0.2, -0.15) is 0 Å². The third-order valence-corrected chi connectivity index (χ3v) is 4.74. The van der Waals surface area contributed by atoms with E-state index in [9.17, 15) is 8.42 Å². The summed E-state index contributed by atoms with van der Waals surface area (Å²) in [5, 5.41) is 0.143. The van der Waals surface area contributed by atoms with E-state index in [1.807, 2.05) is 0 Å². The van der Waals surface area contributed by atoms with Crippen LogP contribution in [0.3, 0.4) is 0 Å². The molecule has 8 heteroatoms. The number of ether oxygens (including phenoxy) is 1. The van der Waals surface area contributed by atoms with Crippen molar-refractivity contribution >= 4 is 33.2 Å². The summed E-state index contributed by atoms with van der Waals surface area (Å²) in [6, 6.07) is 8.35. The lowest BCUT2D eigenvalue weighted by Crippen LogP contribution is -2.23. The maximum absolute atomic E-state index is 12.1. The molecule has 0 atom stereocenters. The number of aromatic nitrogens is 1. The molecular formula is C13H12Cl2N2O3S. The van der Waals surface area contributed by atoms with Crippen LogP contribution in [-0.4, -0.2) is 20.5 Å². The van der Waals surface area contributed by atoms with E-state index in [0.717, 1.165) is 11.8 Å². The third kappa shape index (κ3) is 4.07. The lowest BCUT2D eigenvalue weighted by molar-refractivity contribution is 0.414. The molecule has 0 unspecified atom stereocenters. The first kappa shape index (κ1) is 16.0.